The first kappa shape index (κ1) is 22.9. The topological polar surface area (TPSA) is 3.88 Å². The second kappa shape index (κ2) is 10.4. The van der Waals surface area contributed by atoms with Gasteiger partial charge in [0.15, 0.2) is 17.9 Å². The molecule has 1 heterocycles. The largest absolute Gasteiger partial charge is 0.673 e. The van der Waals surface area contributed by atoms with E-state index in [1.165, 1.54) is 28.1 Å². The normalized spacial score (nSPS) is 11.0. The molecule has 1 aromatic heterocycles. The highest BCUT2D eigenvalue weighted by molar-refractivity contribution is 6.50. The maximum atomic E-state index is 9.75. The Morgan fingerprint density at radius 3 is 1.69 bits per heavy atom. The van der Waals surface area contributed by atoms with Gasteiger partial charge in [0.05, 0.1) is 0 Å². The summed E-state index contributed by atoms with van der Waals surface area (Å²) < 4.78 is 41.4. The lowest BCUT2D eigenvalue weighted by molar-refractivity contribution is -0.702. The van der Waals surface area contributed by atoms with Gasteiger partial charge in [-0.25, -0.2) is 0 Å². The zero-order valence-electron chi connectivity index (χ0n) is 16.4. The number of nitrogens with zero attached hydrogens (tertiary/aromatic N) is 1. The molecular formula is C22H23BClF4N. The van der Waals surface area contributed by atoms with Crippen LogP contribution in [0.25, 0.3) is 11.1 Å². The molecule has 0 bridgehead atoms. The number of halogens is 5. The van der Waals surface area contributed by atoms with Gasteiger partial charge >= 0.3 is 7.25 Å². The summed E-state index contributed by atoms with van der Waals surface area (Å²) in [6, 6.07) is 23.4. The Balaban J connectivity index is 0.000000537. The molecule has 0 N–H and O–H groups in total. The molecule has 0 unspecified atom stereocenters. The number of benzene rings is 2. The van der Waals surface area contributed by atoms with Gasteiger partial charge in [0, 0.05) is 35.6 Å². The summed E-state index contributed by atoms with van der Waals surface area (Å²) in [7, 11) is -6.00. The van der Waals surface area contributed by atoms with Crippen molar-refractivity contribution in [2.75, 3.05) is 0 Å². The van der Waals surface area contributed by atoms with E-state index in [-0.39, 0.29) is 0 Å². The lowest BCUT2D eigenvalue weighted by atomic mass is 10.0. The van der Waals surface area contributed by atoms with Gasteiger partial charge in [0.2, 0.25) is 0 Å². The van der Waals surface area contributed by atoms with Crippen LogP contribution in [0.1, 0.15) is 30.8 Å². The van der Waals surface area contributed by atoms with Crippen LogP contribution in [0.2, 0.25) is 5.02 Å². The summed E-state index contributed by atoms with van der Waals surface area (Å²) in [6.07, 6.45) is 2.03. The molecule has 0 amide bonds. The highest BCUT2D eigenvalue weighted by atomic mass is 35.5. The van der Waals surface area contributed by atoms with Crippen molar-refractivity contribution < 1.29 is 21.8 Å². The molecule has 0 radical (unpaired) electrons. The molecule has 0 fully saturated rings. The molecule has 0 spiro atoms. The summed E-state index contributed by atoms with van der Waals surface area (Å²) in [4.78, 5) is 0. The Morgan fingerprint density at radius 2 is 1.24 bits per heavy atom. The Morgan fingerprint density at radius 1 is 0.759 bits per heavy atom. The van der Waals surface area contributed by atoms with Crippen molar-refractivity contribution in [1.29, 1.82) is 0 Å². The van der Waals surface area contributed by atoms with Crippen molar-refractivity contribution in [3.05, 3.63) is 88.7 Å². The summed E-state index contributed by atoms with van der Waals surface area (Å²) in [5.74, 6) is 0. The van der Waals surface area contributed by atoms with E-state index in [4.69, 9.17) is 11.6 Å². The summed E-state index contributed by atoms with van der Waals surface area (Å²) in [5.41, 5.74) is 6.59. The highest BCUT2D eigenvalue weighted by Crippen LogP contribution is 2.21. The molecule has 0 saturated carbocycles. The molecule has 29 heavy (non-hydrogen) atoms. The van der Waals surface area contributed by atoms with Gasteiger partial charge in [-0.15, -0.1) is 0 Å². The van der Waals surface area contributed by atoms with Gasteiger partial charge in [-0.3, -0.25) is 0 Å². The second-order valence-electron chi connectivity index (χ2n) is 6.51. The predicted molar refractivity (Wildman–Crippen MR) is 112 cm³/mol. The number of aromatic nitrogens is 1. The molecule has 154 valence electrons. The summed E-state index contributed by atoms with van der Waals surface area (Å²) in [6.45, 7) is 5.34. The van der Waals surface area contributed by atoms with Crippen LogP contribution >= 0.6 is 11.6 Å². The number of aryl methyl sites for hydroxylation is 2. The van der Waals surface area contributed by atoms with Crippen LogP contribution in [0.15, 0.2) is 66.7 Å². The quantitative estimate of drug-likeness (QED) is 0.242. The van der Waals surface area contributed by atoms with Crippen molar-refractivity contribution in [2.24, 2.45) is 0 Å². The highest BCUT2D eigenvalue weighted by Gasteiger charge is 2.20. The van der Waals surface area contributed by atoms with E-state index >= 15 is 0 Å². The summed E-state index contributed by atoms with van der Waals surface area (Å²) in [5, 5.41) is 0.787. The van der Waals surface area contributed by atoms with E-state index in [0.717, 1.165) is 24.4 Å². The van der Waals surface area contributed by atoms with Gasteiger partial charge in [-0.05, 0) is 23.3 Å². The third-order valence-electron chi connectivity index (χ3n) is 4.42. The Labute approximate surface area is 174 Å². The van der Waals surface area contributed by atoms with Crippen molar-refractivity contribution in [3.63, 3.8) is 0 Å². The van der Waals surface area contributed by atoms with Gasteiger partial charge in [0.25, 0.3) is 0 Å². The van der Waals surface area contributed by atoms with Crippen LogP contribution in [0, 0.1) is 0 Å². The van der Waals surface area contributed by atoms with Gasteiger partial charge in [0.1, 0.15) is 0 Å². The molecule has 0 aliphatic heterocycles. The Hall–Kier alpha value is -2.34. The van der Waals surface area contributed by atoms with Crippen molar-refractivity contribution >= 4 is 18.9 Å². The average Bonchev–Trinajstić information content (AvgIpc) is 2.69. The molecule has 0 aliphatic rings. The van der Waals surface area contributed by atoms with Crippen molar-refractivity contribution in [3.8, 4) is 11.1 Å². The Kier molecular flexibility index (Phi) is 8.26. The number of pyridine rings is 1. The number of hydrogen-bond acceptors (Lipinski definition) is 0. The first-order valence-electron chi connectivity index (χ1n) is 9.44. The lowest BCUT2D eigenvalue weighted by Gasteiger charge is -2.11. The average molecular weight is 424 g/mol. The van der Waals surface area contributed by atoms with E-state index in [0.29, 0.717) is 0 Å². The standard InChI is InChI=1S/C22H23ClN.BF4/c1-3-21-14-19(18-8-6-5-7-9-18)15-22(4-2)24(21)16-17-10-12-20(23)13-11-17;2-1(3,4)5/h5-15H,3-4,16H2,1-2H3;/q+1;-1. The number of rotatable bonds is 5. The molecule has 1 nitrogen and oxygen atoms in total. The Bertz CT molecular complexity index is 881. The predicted octanol–water partition coefficient (Wildman–Crippen LogP) is 6.77. The smallest absolute Gasteiger partial charge is 0.418 e. The fraction of sp³-hybridized carbons (Fsp3) is 0.227. The van der Waals surface area contributed by atoms with Crippen LogP contribution < -0.4 is 4.57 Å². The fourth-order valence-electron chi connectivity index (χ4n) is 3.10. The second-order valence-corrected chi connectivity index (χ2v) is 6.94. The molecular weight excluding hydrogens is 401 g/mol. The van der Waals surface area contributed by atoms with Crippen LogP contribution in [-0.2, 0) is 19.4 Å². The van der Waals surface area contributed by atoms with E-state index in [1.54, 1.807) is 0 Å². The van der Waals surface area contributed by atoms with Gasteiger partial charge in [-0.1, -0.05) is 67.9 Å². The monoisotopic (exact) mass is 423 g/mol. The molecule has 2 aromatic carbocycles. The van der Waals surface area contributed by atoms with E-state index in [9.17, 15) is 17.3 Å². The number of hydrogen-bond donors (Lipinski definition) is 0. The maximum Gasteiger partial charge on any atom is 0.673 e. The van der Waals surface area contributed by atoms with Crippen molar-refractivity contribution in [2.45, 2.75) is 33.2 Å². The first-order valence-corrected chi connectivity index (χ1v) is 9.81. The molecule has 0 aliphatic carbocycles. The molecule has 3 rings (SSSR count). The zero-order valence-corrected chi connectivity index (χ0v) is 17.1. The maximum absolute atomic E-state index is 9.75. The van der Waals surface area contributed by atoms with E-state index < -0.39 is 7.25 Å². The van der Waals surface area contributed by atoms with Crippen LogP contribution in [0.4, 0.5) is 17.3 Å². The minimum Gasteiger partial charge on any atom is -0.418 e. The van der Waals surface area contributed by atoms with Gasteiger partial charge < -0.3 is 17.3 Å². The summed E-state index contributed by atoms with van der Waals surface area (Å²) >= 11 is 6.01. The minimum absolute atomic E-state index is 0.787. The minimum atomic E-state index is -6.00. The molecule has 0 saturated heterocycles. The van der Waals surface area contributed by atoms with Crippen LogP contribution in [0.5, 0.6) is 0 Å². The molecule has 0 atom stereocenters. The third-order valence-corrected chi connectivity index (χ3v) is 4.68. The molecule has 3 aromatic rings. The molecule has 7 heteroatoms. The van der Waals surface area contributed by atoms with Crippen LogP contribution in [-0.4, -0.2) is 7.25 Å². The lowest BCUT2D eigenvalue weighted by Crippen LogP contribution is -2.43. The third kappa shape index (κ3) is 7.54. The van der Waals surface area contributed by atoms with E-state index in [1.807, 2.05) is 12.1 Å². The van der Waals surface area contributed by atoms with Gasteiger partial charge in [-0.2, -0.15) is 4.57 Å². The van der Waals surface area contributed by atoms with Crippen LogP contribution in [0.3, 0.4) is 0 Å². The van der Waals surface area contributed by atoms with E-state index in [2.05, 4.69) is 73.0 Å². The first-order chi connectivity index (χ1) is 13.7. The SMILES string of the molecule is CCc1cc(-c2ccccc2)cc(CC)[n+]1Cc1ccc(Cl)cc1.F[B-](F)(F)F. The fourth-order valence-corrected chi connectivity index (χ4v) is 3.23. The zero-order chi connectivity index (χ0) is 21.4. The van der Waals surface area contributed by atoms with Crippen molar-refractivity contribution in [1.82, 2.24) is 0 Å².